The topological polar surface area (TPSA) is 73.1 Å². The average Bonchev–Trinajstić information content (AvgIpc) is 2.51. The Labute approximate surface area is 123 Å². The highest BCUT2D eigenvalue weighted by Gasteiger charge is 2.16. The van der Waals surface area contributed by atoms with E-state index >= 15 is 0 Å². The molecule has 2 N–H and O–H groups in total. The SMILES string of the molecule is Cc1ccc(O)c(C(=O)/C(C#N)=C/Nc2ccccc2)c1. The molecule has 4 heteroatoms. The third kappa shape index (κ3) is 3.48. The van der Waals surface area contributed by atoms with E-state index in [2.05, 4.69) is 5.32 Å². The number of aromatic hydroxyl groups is 1. The van der Waals surface area contributed by atoms with Crippen LogP contribution in [0.5, 0.6) is 5.75 Å². The fourth-order valence-electron chi connectivity index (χ4n) is 1.82. The molecule has 0 unspecified atom stereocenters. The molecule has 0 amide bonds. The highest BCUT2D eigenvalue weighted by Crippen LogP contribution is 2.21. The highest BCUT2D eigenvalue weighted by atomic mass is 16.3. The lowest BCUT2D eigenvalue weighted by Crippen LogP contribution is -2.05. The van der Waals surface area contributed by atoms with Crippen molar-refractivity contribution in [2.24, 2.45) is 0 Å². The fraction of sp³-hybridized carbons (Fsp3) is 0.0588. The number of anilines is 1. The van der Waals surface area contributed by atoms with Gasteiger partial charge in [0.25, 0.3) is 0 Å². The predicted molar refractivity (Wildman–Crippen MR) is 80.9 cm³/mol. The van der Waals surface area contributed by atoms with Crippen molar-refractivity contribution in [1.29, 1.82) is 5.26 Å². The number of rotatable bonds is 4. The largest absolute Gasteiger partial charge is 0.507 e. The van der Waals surface area contributed by atoms with Crippen LogP contribution in [0.1, 0.15) is 15.9 Å². The highest BCUT2D eigenvalue weighted by molar-refractivity contribution is 6.13. The Bertz CT molecular complexity index is 728. The van der Waals surface area contributed by atoms with E-state index in [4.69, 9.17) is 5.26 Å². The van der Waals surface area contributed by atoms with E-state index in [0.717, 1.165) is 11.3 Å². The number of aryl methyl sites for hydroxylation is 1. The molecule has 2 aromatic carbocycles. The first-order chi connectivity index (χ1) is 10.1. The van der Waals surface area contributed by atoms with E-state index in [1.807, 2.05) is 43.3 Å². The maximum Gasteiger partial charge on any atom is 0.208 e. The van der Waals surface area contributed by atoms with Gasteiger partial charge in [-0.25, -0.2) is 0 Å². The van der Waals surface area contributed by atoms with Crippen molar-refractivity contribution < 1.29 is 9.90 Å². The van der Waals surface area contributed by atoms with E-state index in [9.17, 15) is 9.90 Å². The van der Waals surface area contributed by atoms with E-state index in [0.29, 0.717) is 0 Å². The summed E-state index contributed by atoms with van der Waals surface area (Å²) in [5.74, 6) is -0.645. The summed E-state index contributed by atoms with van der Waals surface area (Å²) in [6, 6.07) is 15.8. The van der Waals surface area contributed by atoms with E-state index in [1.165, 1.54) is 12.3 Å². The van der Waals surface area contributed by atoms with Crippen molar-refractivity contribution in [3.05, 3.63) is 71.4 Å². The summed E-state index contributed by atoms with van der Waals surface area (Å²) in [5, 5.41) is 21.8. The zero-order valence-electron chi connectivity index (χ0n) is 11.5. The molecule has 0 aliphatic heterocycles. The number of carbonyl (C=O) groups is 1. The van der Waals surface area contributed by atoms with Gasteiger partial charge in [-0.05, 0) is 31.2 Å². The summed E-state index contributed by atoms with van der Waals surface area (Å²) in [6.07, 6.45) is 1.35. The second-order valence-electron chi connectivity index (χ2n) is 4.53. The lowest BCUT2D eigenvalue weighted by molar-refractivity contribution is 0.103. The van der Waals surface area contributed by atoms with Crippen LogP contribution in [0.2, 0.25) is 0 Å². The van der Waals surface area contributed by atoms with Gasteiger partial charge in [-0.1, -0.05) is 29.8 Å². The summed E-state index contributed by atoms with van der Waals surface area (Å²) in [4.78, 5) is 12.3. The number of phenols is 1. The molecule has 2 aromatic rings. The van der Waals surface area contributed by atoms with Crippen LogP contribution in [0, 0.1) is 18.3 Å². The fourth-order valence-corrected chi connectivity index (χ4v) is 1.82. The number of allylic oxidation sites excluding steroid dienone is 1. The van der Waals surface area contributed by atoms with Crippen molar-refractivity contribution >= 4 is 11.5 Å². The number of nitrogens with one attached hydrogen (secondary N) is 1. The first-order valence-corrected chi connectivity index (χ1v) is 6.38. The number of ketones is 1. The number of carbonyl (C=O) groups excluding carboxylic acids is 1. The summed E-state index contributed by atoms with van der Waals surface area (Å²) in [6.45, 7) is 1.81. The van der Waals surface area contributed by atoms with Gasteiger partial charge in [-0.2, -0.15) is 5.26 Å². The Kier molecular flexibility index (Phi) is 4.37. The van der Waals surface area contributed by atoms with Crippen molar-refractivity contribution in [2.45, 2.75) is 6.92 Å². The first-order valence-electron chi connectivity index (χ1n) is 6.38. The van der Waals surface area contributed by atoms with Gasteiger partial charge in [-0.3, -0.25) is 4.79 Å². The molecule has 0 spiro atoms. The molecule has 0 aliphatic rings. The number of nitriles is 1. The summed E-state index contributed by atoms with van der Waals surface area (Å²) in [5.41, 5.74) is 1.66. The van der Waals surface area contributed by atoms with Gasteiger partial charge in [0.2, 0.25) is 5.78 Å². The van der Waals surface area contributed by atoms with Crippen molar-refractivity contribution in [3.63, 3.8) is 0 Å². The summed E-state index contributed by atoms with van der Waals surface area (Å²) in [7, 11) is 0. The zero-order valence-corrected chi connectivity index (χ0v) is 11.5. The number of para-hydroxylation sites is 1. The van der Waals surface area contributed by atoms with Crippen molar-refractivity contribution in [2.75, 3.05) is 5.32 Å². The standard InChI is InChI=1S/C17H14N2O2/c1-12-7-8-16(20)15(9-12)17(21)13(10-18)11-19-14-5-3-2-4-6-14/h2-9,11,19-20H,1H3/b13-11+. The monoisotopic (exact) mass is 278 g/mol. The Balaban J connectivity index is 2.27. The normalized spacial score (nSPS) is 10.8. The number of phenolic OH excluding ortho intramolecular Hbond substituents is 1. The molecule has 0 aromatic heterocycles. The molecule has 0 heterocycles. The summed E-state index contributed by atoms with van der Waals surface area (Å²) < 4.78 is 0. The second-order valence-corrected chi connectivity index (χ2v) is 4.53. The van der Waals surface area contributed by atoms with Crippen LogP contribution in [-0.2, 0) is 0 Å². The van der Waals surface area contributed by atoms with Gasteiger partial charge >= 0.3 is 0 Å². The Hall–Kier alpha value is -3.06. The van der Waals surface area contributed by atoms with Crippen LogP contribution in [-0.4, -0.2) is 10.9 Å². The molecule has 21 heavy (non-hydrogen) atoms. The molecule has 0 fully saturated rings. The average molecular weight is 278 g/mol. The molecule has 104 valence electrons. The van der Waals surface area contributed by atoms with Crippen molar-refractivity contribution in [1.82, 2.24) is 0 Å². The Morgan fingerprint density at radius 2 is 1.95 bits per heavy atom. The van der Waals surface area contributed by atoms with Gasteiger partial charge < -0.3 is 10.4 Å². The summed E-state index contributed by atoms with van der Waals surface area (Å²) >= 11 is 0. The number of benzene rings is 2. The van der Waals surface area contributed by atoms with Gasteiger partial charge in [0.1, 0.15) is 17.4 Å². The molecule has 0 bridgehead atoms. The number of nitrogens with zero attached hydrogens (tertiary/aromatic N) is 1. The zero-order chi connectivity index (χ0) is 15.2. The molecule has 0 saturated heterocycles. The third-order valence-electron chi connectivity index (χ3n) is 2.92. The predicted octanol–water partition coefficient (Wildman–Crippen LogP) is 3.40. The minimum atomic E-state index is -0.512. The molecule has 0 radical (unpaired) electrons. The maximum absolute atomic E-state index is 12.3. The molecule has 0 atom stereocenters. The smallest absolute Gasteiger partial charge is 0.208 e. The Morgan fingerprint density at radius 1 is 1.24 bits per heavy atom. The third-order valence-corrected chi connectivity index (χ3v) is 2.92. The maximum atomic E-state index is 12.3. The first kappa shape index (κ1) is 14.4. The molecular formula is C17H14N2O2. The number of hydrogen-bond acceptors (Lipinski definition) is 4. The lowest BCUT2D eigenvalue weighted by Gasteiger charge is -2.05. The molecule has 4 nitrogen and oxygen atoms in total. The van der Waals surface area contributed by atoms with Gasteiger partial charge in [0.15, 0.2) is 0 Å². The quantitative estimate of drug-likeness (QED) is 0.510. The van der Waals surface area contributed by atoms with E-state index in [-0.39, 0.29) is 16.9 Å². The van der Waals surface area contributed by atoms with Gasteiger partial charge in [0.05, 0.1) is 5.56 Å². The van der Waals surface area contributed by atoms with Gasteiger partial charge in [-0.15, -0.1) is 0 Å². The number of hydrogen-bond donors (Lipinski definition) is 2. The molecule has 0 saturated carbocycles. The van der Waals surface area contributed by atoms with Crippen LogP contribution in [0.15, 0.2) is 60.3 Å². The Morgan fingerprint density at radius 3 is 2.62 bits per heavy atom. The van der Waals surface area contributed by atoms with Gasteiger partial charge in [0, 0.05) is 11.9 Å². The molecule has 0 aliphatic carbocycles. The van der Waals surface area contributed by atoms with Crippen LogP contribution in [0.4, 0.5) is 5.69 Å². The minimum Gasteiger partial charge on any atom is -0.507 e. The van der Waals surface area contributed by atoms with Crippen LogP contribution >= 0.6 is 0 Å². The van der Waals surface area contributed by atoms with Crippen LogP contribution < -0.4 is 5.32 Å². The van der Waals surface area contributed by atoms with E-state index in [1.54, 1.807) is 12.1 Å². The van der Waals surface area contributed by atoms with Crippen LogP contribution in [0.25, 0.3) is 0 Å². The van der Waals surface area contributed by atoms with E-state index < -0.39 is 5.78 Å². The minimum absolute atomic E-state index is 0.0697. The molecular weight excluding hydrogens is 264 g/mol. The van der Waals surface area contributed by atoms with Crippen LogP contribution in [0.3, 0.4) is 0 Å². The molecule has 2 rings (SSSR count). The lowest BCUT2D eigenvalue weighted by atomic mass is 10.0. The second kappa shape index (κ2) is 6.40. The van der Waals surface area contributed by atoms with Crippen molar-refractivity contribution in [3.8, 4) is 11.8 Å². The number of Topliss-reactive ketones (excluding diaryl/α,β-unsaturated/α-hetero) is 1.